The number of hydrogen-bond acceptors (Lipinski definition) is 6. The third-order valence-electron chi connectivity index (χ3n) is 3.78. The van der Waals surface area contributed by atoms with Crippen LogP contribution in [0.4, 0.5) is 16.5 Å². The minimum Gasteiger partial charge on any atom is -0.486 e. The van der Waals surface area contributed by atoms with Gasteiger partial charge in [0.15, 0.2) is 16.6 Å². The normalized spacial score (nSPS) is 12.5. The molecule has 0 radical (unpaired) electrons. The lowest BCUT2D eigenvalue weighted by atomic mass is 10.1. The minimum atomic E-state index is -0.0997. The standard InChI is InChI=1S/C19H17N3O3S/c1-12(23)20-14-3-2-4-15(10-14)21-19-22-16(11-26-19)13-5-6-17-18(9-13)25-8-7-24-17/h2-6,9-11H,7-8H2,1H3,(H,20,23)(H,21,22). The molecule has 2 heterocycles. The van der Waals surface area contributed by atoms with Gasteiger partial charge in [-0.1, -0.05) is 6.07 Å². The van der Waals surface area contributed by atoms with Crippen LogP contribution >= 0.6 is 11.3 Å². The molecular weight excluding hydrogens is 350 g/mol. The fourth-order valence-electron chi connectivity index (χ4n) is 2.67. The summed E-state index contributed by atoms with van der Waals surface area (Å²) in [5.74, 6) is 1.42. The number of ether oxygens (including phenoxy) is 2. The van der Waals surface area contributed by atoms with Crippen LogP contribution in [0.25, 0.3) is 11.3 Å². The Morgan fingerprint density at radius 3 is 2.73 bits per heavy atom. The quantitative estimate of drug-likeness (QED) is 0.720. The van der Waals surface area contributed by atoms with Crippen molar-refractivity contribution in [1.82, 2.24) is 4.98 Å². The Bertz CT molecular complexity index is 955. The maximum absolute atomic E-state index is 11.2. The van der Waals surface area contributed by atoms with Gasteiger partial charge in [0.2, 0.25) is 5.91 Å². The van der Waals surface area contributed by atoms with Crippen molar-refractivity contribution >= 4 is 33.8 Å². The summed E-state index contributed by atoms with van der Waals surface area (Å²) >= 11 is 1.51. The Labute approximate surface area is 154 Å². The lowest BCUT2D eigenvalue weighted by molar-refractivity contribution is -0.114. The number of thiazole rings is 1. The van der Waals surface area contributed by atoms with E-state index >= 15 is 0 Å². The summed E-state index contributed by atoms with van der Waals surface area (Å²) in [6.07, 6.45) is 0. The molecule has 3 aromatic rings. The van der Waals surface area contributed by atoms with E-state index in [9.17, 15) is 4.79 Å². The summed E-state index contributed by atoms with van der Waals surface area (Å²) in [5.41, 5.74) is 3.45. The summed E-state index contributed by atoms with van der Waals surface area (Å²) in [7, 11) is 0. The molecule has 0 atom stereocenters. The minimum absolute atomic E-state index is 0.0997. The Hall–Kier alpha value is -3.06. The molecule has 0 saturated heterocycles. The smallest absolute Gasteiger partial charge is 0.221 e. The first-order chi connectivity index (χ1) is 12.7. The number of anilines is 3. The van der Waals surface area contributed by atoms with Crippen LogP contribution in [-0.2, 0) is 4.79 Å². The number of rotatable bonds is 4. The highest BCUT2D eigenvalue weighted by Crippen LogP contribution is 2.35. The monoisotopic (exact) mass is 367 g/mol. The number of benzene rings is 2. The number of amides is 1. The molecule has 2 aromatic carbocycles. The molecule has 0 bridgehead atoms. The van der Waals surface area contributed by atoms with Gasteiger partial charge in [0.25, 0.3) is 0 Å². The highest BCUT2D eigenvalue weighted by Gasteiger charge is 2.14. The topological polar surface area (TPSA) is 72.5 Å². The number of nitrogens with zero attached hydrogens (tertiary/aromatic N) is 1. The van der Waals surface area contributed by atoms with Crippen molar-refractivity contribution in [3.05, 3.63) is 47.8 Å². The van der Waals surface area contributed by atoms with Crippen molar-refractivity contribution in [2.24, 2.45) is 0 Å². The summed E-state index contributed by atoms with van der Waals surface area (Å²) < 4.78 is 11.2. The summed E-state index contributed by atoms with van der Waals surface area (Å²) in [5, 5.41) is 8.80. The summed E-state index contributed by atoms with van der Waals surface area (Å²) in [4.78, 5) is 15.8. The first kappa shape index (κ1) is 16.4. The Kier molecular flexibility index (Phi) is 4.45. The van der Waals surface area contributed by atoms with Gasteiger partial charge in [-0.25, -0.2) is 4.98 Å². The second-order valence-corrected chi connectivity index (χ2v) is 6.64. The zero-order chi connectivity index (χ0) is 17.9. The second kappa shape index (κ2) is 7.05. The van der Waals surface area contributed by atoms with E-state index in [2.05, 4.69) is 15.6 Å². The fraction of sp³-hybridized carbons (Fsp3) is 0.158. The molecule has 6 nitrogen and oxygen atoms in total. The second-order valence-electron chi connectivity index (χ2n) is 5.78. The SMILES string of the molecule is CC(=O)Nc1cccc(Nc2nc(-c3ccc4c(c3)OCCO4)cs2)c1. The van der Waals surface area contributed by atoms with Crippen molar-refractivity contribution in [2.75, 3.05) is 23.8 Å². The van der Waals surface area contributed by atoms with Gasteiger partial charge in [-0.15, -0.1) is 11.3 Å². The lowest BCUT2D eigenvalue weighted by Gasteiger charge is -2.18. The fourth-order valence-corrected chi connectivity index (χ4v) is 3.41. The molecule has 1 aliphatic heterocycles. The van der Waals surface area contributed by atoms with Crippen LogP contribution in [0.1, 0.15) is 6.92 Å². The van der Waals surface area contributed by atoms with Crippen LogP contribution in [0.2, 0.25) is 0 Å². The van der Waals surface area contributed by atoms with Crippen molar-refractivity contribution in [1.29, 1.82) is 0 Å². The predicted octanol–water partition coefficient (Wildman–Crippen LogP) is 4.28. The molecule has 1 amide bonds. The number of hydrogen-bond donors (Lipinski definition) is 2. The van der Waals surface area contributed by atoms with E-state index in [4.69, 9.17) is 9.47 Å². The van der Waals surface area contributed by atoms with Gasteiger partial charge in [0.05, 0.1) is 5.69 Å². The van der Waals surface area contributed by atoms with Crippen LogP contribution < -0.4 is 20.1 Å². The zero-order valence-corrected chi connectivity index (χ0v) is 14.9. The van der Waals surface area contributed by atoms with Crippen LogP contribution in [-0.4, -0.2) is 24.1 Å². The molecule has 132 valence electrons. The van der Waals surface area contributed by atoms with E-state index in [1.54, 1.807) is 0 Å². The number of carbonyl (C=O) groups excluding carboxylic acids is 1. The first-order valence-corrected chi connectivity index (χ1v) is 9.05. The van der Waals surface area contributed by atoms with E-state index < -0.39 is 0 Å². The molecular formula is C19H17N3O3S. The maximum atomic E-state index is 11.2. The van der Waals surface area contributed by atoms with Crippen molar-refractivity contribution in [3.63, 3.8) is 0 Å². The highest BCUT2D eigenvalue weighted by molar-refractivity contribution is 7.14. The Morgan fingerprint density at radius 1 is 1.08 bits per heavy atom. The summed E-state index contributed by atoms with van der Waals surface area (Å²) in [6.45, 7) is 2.63. The van der Waals surface area contributed by atoms with Crippen LogP contribution in [0.15, 0.2) is 47.8 Å². The van der Waals surface area contributed by atoms with E-state index in [-0.39, 0.29) is 5.91 Å². The molecule has 1 aliphatic rings. The van der Waals surface area contributed by atoms with Gasteiger partial charge >= 0.3 is 0 Å². The van der Waals surface area contributed by atoms with Gasteiger partial charge in [0.1, 0.15) is 13.2 Å². The van der Waals surface area contributed by atoms with Gasteiger partial charge in [-0.2, -0.15) is 0 Å². The number of carbonyl (C=O) groups is 1. The van der Waals surface area contributed by atoms with Crippen LogP contribution in [0, 0.1) is 0 Å². The van der Waals surface area contributed by atoms with Gasteiger partial charge in [-0.3, -0.25) is 4.79 Å². The Morgan fingerprint density at radius 2 is 1.88 bits per heavy atom. The van der Waals surface area contributed by atoms with Crippen LogP contribution in [0.3, 0.4) is 0 Å². The van der Waals surface area contributed by atoms with Crippen molar-refractivity contribution in [2.45, 2.75) is 6.92 Å². The van der Waals surface area contributed by atoms with Crippen molar-refractivity contribution < 1.29 is 14.3 Å². The Balaban J connectivity index is 1.52. The molecule has 1 aromatic heterocycles. The van der Waals surface area contributed by atoms with Crippen LogP contribution in [0.5, 0.6) is 11.5 Å². The first-order valence-electron chi connectivity index (χ1n) is 8.17. The summed E-state index contributed by atoms with van der Waals surface area (Å²) in [6, 6.07) is 13.3. The number of nitrogens with one attached hydrogen (secondary N) is 2. The van der Waals surface area contributed by atoms with E-state index in [0.717, 1.165) is 39.3 Å². The molecule has 2 N–H and O–H groups in total. The van der Waals surface area contributed by atoms with E-state index in [1.807, 2.05) is 47.8 Å². The number of fused-ring (bicyclic) bond motifs is 1. The maximum Gasteiger partial charge on any atom is 0.221 e. The van der Waals surface area contributed by atoms with E-state index in [1.165, 1.54) is 18.3 Å². The van der Waals surface area contributed by atoms with Gasteiger partial charge in [-0.05, 0) is 36.4 Å². The molecule has 0 aliphatic carbocycles. The third kappa shape index (κ3) is 3.62. The predicted molar refractivity (Wildman–Crippen MR) is 103 cm³/mol. The van der Waals surface area contributed by atoms with Crippen molar-refractivity contribution in [3.8, 4) is 22.8 Å². The van der Waals surface area contributed by atoms with Gasteiger partial charge < -0.3 is 20.1 Å². The largest absolute Gasteiger partial charge is 0.486 e. The molecule has 26 heavy (non-hydrogen) atoms. The molecule has 7 heteroatoms. The average molecular weight is 367 g/mol. The molecule has 0 fully saturated rings. The molecule has 0 spiro atoms. The average Bonchev–Trinajstić information content (AvgIpc) is 3.09. The molecule has 0 saturated carbocycles. The lowest BCUT2D eigenvalue weighted by Crippen LogP contribution is -2.15. The number of aromatic nitrogens is 1. The highest BCUT2D eigenvalue weighted by atomic mass is 32.1. The third-order valence-corrected chi connectivity index (χ3v) is 4.53. The molecule has 4 rings (SSSR count). The van der Waals surface area contributed by atoms with E-state index in [0.29, 0.717) is 13.2 Å². The van der Waals surface area contributed by atoms with Gasteiger partial charge in [0, 0.05) is 29.2 Å². The zero-order valence-electron chi connectivity index (χ0n) is 14.1. The molecule has 0 unspecified atom stereocenters.